The van der Waals surface area contributed by atoms with Crippen molar-refractivity contribution < 1.29 is 4.74 Å². The van der Waals surface area contributed by atoms with Crippen molar-refractivity contribution >= 4 is 0 Å². The first kappa shape index (κ1) is 14.9. The molecule has 0 radical (unpaired) electrons. The Morgan fingerprint density at radius 2 is 2.12 bits per heavy atom. The lowest BCUT2D eigenvalue weighted by atomic mass is 10.0. The van der Waals surface area contributed by atoms with Crippen molar-refractivity contribution in [3.63, 3.8) is 0 Å². The van der Waals surface area contributed by atoms with Gasteiger partial charge < -0.3 is 10.1 Å². The fraction of sp³-hybridized carbons (Fsp3) is 1.00. The summed E-state index contributed by atoms with van der Waals surface area (Å²) in [6.45, 7) is 9.84. The van der Waals surface area contributed by atoms with Gasteiger partial charge in [0.1, 0.15) is 0 Å². The van der Waals surface area contributed by atoms with Crippen LogP contribution in [0, 0.1) is 0 Å². The van der Waals surface area contributed by atoms with Crippen LogP contribution in [0.2, 0.25) is 0 Å². The zero-order valence-corrected chi connectivity index (χ0v) is 12.0. The molecule has 102 valence electrons. The maximum Gasteiger partial charge on any atom is 0.0855 e. The van der Waals surface area contributed by atoms with E-state index in [4.69, 9.17) is 4.74 Å². The van der Waals surface area contributed by atoms with Crippen LogP contribution in [0.5, 0.6) is 0 Å². The fourth-order valence-electron chi connectivity index (χ4n) is 2.54. The molecule has 2 atom stereocenters. The Balaban J connectivity index is 2.39. The van der Waals surface area contributed by atoms with Gasteiger partial charge in [-0.15, -0.1) is 0 Å². The number of unbranched alkanes of at least 4 members (excludes halogenated alkanes) is 2. The first-order valence-electron chi connectivity index (χ1n) is 7.22. The van der Waals surface area contributed by atoms with E-state index in [0.29, 0.717) is 18.2 Å². The van der Waals surface area contributed by atoms with E-state index in [1.54, 1.807) is 0 Å². The van der Waals surface area contributed by atoms with Crippen LogP contribution in [0.1, 0.15) is 46.5 Å². The van der Waals surface area contributed by atoms with Crippen LogP contribution in [-0.2, 0) is 4.74 Å². The highest BCUT2D eigenvalue weighted by atomic mass is 16.5. The van der Waals surface area contributed by atoms with Gasteiger partial charge in [-0.05, 0) is 27.3 Å². The number of morpholine rings is 1. The second-order valence-corrected chi connectivity index (χ2v) is 5.39. The summed E-state index contributed by atoms with van der Waals surface area (Å²) < 4.78 is 5.94. The van der Waals surface area contributed by atoms with Crippen molar-refractivity contribution in [2.24, 2.45) is 0 Å². The first-order chi connectivity index (χ1) is 8.19. The zero-order valence-electron chi connectivity index (χ0n) is 12.0. The molecule has 0 aromatic heterocycles. The molecule has 1 fully saturated rings. The van der Waals surface area contributed by atoms with Crippen molar-refractivity contribution in [1.82, 2.24) is 10.2 Å². The summed E-state index contributed by atoms with van der Waals surface area (Å²) in [5.74, 6) is 0. The Labute approximate surface area is 107 Å². The summed E-state index contributed by atoms with van der Waals surface area (Å²) in [6.07, 6.45) is 5.54. The van der Waals surface area contributed by atoms with Gasteiger partial charge in [0.15, 0.2) is 0 Å². The summed E-state index contributed by atoms with van der Waals surface area (Å²) in [7, 11) is 2.06. The van der Waals surface area contributed by atoms with Crippen LogP contribution in [0.15, 0.2) is 0 Å². The molecule has 0 aromatic carbocycles. The molecular weight excluding hydrogens is 212 g/mol. The molecule has 1 aliphatic rings. The quantitative estimate of drug-likeness (QED) is 0.693. The van der Waals surface area contributed by atoms with Gasteiger partial charge in [-0.1, -0.05) is 26.2 Å². The predicted octanol–water partition coefficient (Wildman–Crippen LogP) is 2.26. The molecule has 1 rings (SSSR count). The minimum absolute atomic E-state index is 0.369. The van der Waals surface area contributed by atoms with Crippen LogP contribution in [-0.4, -0.2) is 49.8 Å². The SMILES string of the molecule is CCCCCC(NC)C1CN(C(C)C)CCO1. The summed E-state index contributed by atoms with van der Waals surface area (Å²) >= 11 is 0. The molecule has 1 aliphatic heterocycles. The van der Waals surface area contributed by atoms with Crippen molar-refractivity contribution in [1.29, 1.82) is 0 Å². The van der Waals surface area contributed by atoms with Crippen LogP contribution in [0.25, 0.3) is 0 Å². The molecule has 3 nitrogen and oxygen atoms in total. The topological polar surface area (TPSA) is 24.5 Å². The molecule has 1 heterocycles. The number of rotatable bonds is 7. The minimum atomic E-state index is 0.369. The normalized spacial score (nSPS) is 24.2. The molecule has 0 spiro atoms. The van der Waals surface area contributed by atoms with Gasteiger partial charge in [-0.3, -0.25) is 4.90 Å². The Bertz CT molecular complexity index is 197. The standard InChI is InChI=1S/C14H30N2O/c1-5-6-7-8-13(15-4)14-11-16(12(2)3)9-10-17-14/h12-15H,5-11H2,1-4H3. The summed E-state index contributed by atoms with van der Waals surface area (Å²) in [5, 5.41) is 3.44. The Morgan fingerprint density at radius 3 is 2.71 bits per heavy atom. The first-order valence-corrected chi connectivity index (χ1v) is 7.22. The van der Waals surface area contributed by atoms with E-state index in [1.807, 2.05) is 0 Å². The van der Waals surface area contributed by atoms with Gasteiger partial charge in [-0.25, -0.2) is 0 Å². The number of nitrogens with zero attached hydrogens (tertiary/aromatic N) is 1. The Kier molecular flexibility index (Phi) is 7.09. The van der Waals surface area contributed by atoms with Crippen LogP contribution in [0.3, 0.4) is 0 Å². The maximum atomic E-state index is 5.94. The lowest BCUT2D eigenvalue weighted by molar-refractivity contribution is -0.0557. The average Bonchev–Trinajstić information content (AvgIpc) is 2.35. The highest BCUT2D eigenvalue weighted by Crippen LogP contribution is 2.15. The molecular formula is C14H30N2O. The van der Waals surface area contributed by atoms with E-state index in [9.17, 15) is 0 Å². The molecule has 0 aromatic rings. The monoisotopic (exact) mass is 242 g/mol. The Morgan fingerprint density at radius 1 is 1.35 bits per heavy atom. The molecule has 3 heteroatoms. The number of nitrogens with one attached hydrogen (secondary N) is 1. The van der Waals surface area contributed by atoms with Gasteiger partial charge in [0.2, 0.25) is 0 Å². The smallest absolute Gasteiger partial charge is 0.0855 e. The summed E-state index contributed by atoms with van der Waals surface area (Å²) in [5.41, 5.74) is 0. The van der Waals surface area contributed by atoms with Gasteiger partial charge in [0, 0.05) is 25.2 Å². The van der Waals surface area contributed by atoms with E-state index in [0.717, 1.165) is 19.7 Å². The van der Waals surface area contributed by atoms with Crippen LogP contribution >= 0.6 is 0 Å². The van der Waals surface area contributed by atoms with Gasteiger partial charge in [-0.2, -0.15) is 0 Å². The molecule has 0 bridgehead atoms. The summed E-state index contributed by atoms with van der Waals surface area (Å²) in [4.78, 5) is 2.53. The molecule has 0 saturated carbocycles. The zero-order chi connectivity index (χ0) is 12.7. The van der Waals surface area contributed by atoms with Crippen molar-refractivity contribution in [3.05, 3.63) is 0 Å². The highest BCUT2D eigenvalue weighted by Gasteiger charge is 2.27. The molecule has 17 heavy (non-hydrogen) atoms. The van der Waals surface area contributed by atoms with E-state index >= 15 is 0 Å². The van der Waals surface area contributed by atoms with E-state index in [2.05, 4.69) is 38.0 Å². The van der Waals surface area contributed by atoms with E-state index in [-0.39, 0.29) is 0 Å². The number of hydrogen-bond acceptors (Lipinski definition) is 3. The number of ether oxygens (including phenoxy) is 1. The second-order valence-electron chi connectivity index (χ2n) is 5.39. The molecule has 0 amide bonds. The fourth-order valence-corrected chi connectivity index (χ4v) is 2.54. The minimum Gasteiger partial charge on any atom is -0.374 e. The Hall–Kier alpha value is -0.120. The van der Waals surface area contributed by atoms with Gasteiger partial charge >= 0.3 is 0 Å². The molecule has 1 saturated heterocycles. The average molecular weight is 242 g/mol. The van der Waals surface area contributed by atoms with Gasteiger partial charge in [0.25, 0.3) is 0 Å². The predicted molar refractivity (Wildman–Crippen MR) is 73.4 cm³/mol. The molecule has 0 aliphatic carbocycles. The second kappa shape index (κ2) is 8.06. The maximum absolute atomic E-state index is 5.94. The lowest BCUT2D eigenvalue weighted by Crippen LogP contribution is -2.53. The number of hydrogen-bond donors (Lipinski definition) is 1. The third-order valence-corrected chi connectivity index (χ3v) is 3.79. The third kappa shape index (κ3) is 4.94. The largest absolute Gasteiger partial charge is 0.374 e. The van der Waals surface area contributed by atoms with E-state index in [1.165, 1.54) is 25.7 Å². The van der Waals surface area contributed by atoms with Gasteiger partial charge in [0.05, 0.1) is 12.7 Å². The summed E-state index contributed by atoms with van der Waals surface area (Å²) in [6, 6.07) is 1.15. The molecule has 2 unspecified atom stereocenters. The number of likely N-dealkylation sites (N-methyl/N-ethyl adjacent to an activating group) is 1. The lowest BCUT2D eigenvalue weighted by Gasteiger charge is -2.39. The third-order valence-electron chi connectivity index (χ3n) is 3.79. The van der Waals surface area contributed by atoms with Crippen molar-refractivity contribution in [2.75, 3.05) is 26.7 Å². The van der Waals surface area contributed by atoms with Crippen molar-refractivity contribution in [3.8, 4) is 0 Å². The van der Waals surface area contributed by atoms with E-state index < -0.39 is 0 Å². The van der Waals surface area contributed by atoms with Crippen LogP contribution < -0.4 is 5.32 Å². The van der Waals surface area contributed by atoms with Crippen LogP contribution in [0.4, 0.5) is 0 Å². The highest BCUT2D eigenvalue weighted by molar-refractivity contribution is 4.83. The van der Waals surface area contributed by atoms with Crippen molar-refractivity contribution in [2.45, 2.75) is 64.6 Å². The molecule has 1 N–H and O–H groups in total.